The number of para-hydroxylation sites is 1. The molecule has 2 unspecified atom stereocenters. The largest absolute Gasteiger partial charge is 0.364 e. The number of fused-ring (bicyclic) bond motifs is 1. The van der Waals surface area contributed by atoms with Crippen molar-refractivity contribution in [2.45, 2.75) is 32.9 Å². The molecule has 4 heteroatoms. The molecule has 1 N–H and O–H groups in total. The summed E-state index contributed by atoms with van der Waals surface area (Å²) in [6, 6.07) is 9.63. The second kappa shape index (κ2) is 5.93. The van der Waals surface area contributed by atoms with Gasteiger partial charge in [-0.1, -0.05) is 26.0 Å². The van der Waals surface area contributed by atoms with E-state index in [0.29, 0.717) is 18.0 Å². The summed E-state index contributed by atoms with van der Waals surface area (Å²) in [6.07, 6.45) is 1.89. The molecule has 112 valence electrons. The normalized spacial score (nSPS) is 23.0. The quantitative estimate of drug-likeness (QED) is 0.894. The molecule has 1 fully saturated rings. The Morgan fingerprint density at radius 1 is 1.38 bits per heavy atom. The van der Waals surface area contributed by atoms with Gasteiger partial charge in [0.25, 0.3) is 0 Å². The number of hydrogen-bond acceptors (Lipinski definition) is 3. The van der Waals surface area contributed by atoms with Crippen LogP contribution in [0.1, 0.15) is 20.8 Å². The van der Waals surface area contributed by atoms with Gasteiger partial charge in [-0.2, -0.15) is 0 Å². The molecule has 0 bridgehead atoms. The van der Waals surface area contributed by atoms with Gasteiger partial charge in [0.05, 0.1) is 11.2 Å². The average Bonchev–Trinajstić information content (AvgIpc) is 2.45. The van der Waals surface area contributed by atoms with Gasteiger partial charge in [-0.3, -0.25) is 4.98 Å². The van der Waals surface area contributed by atoms with Crippen LogP contribution in [0.2, 0.25) is 0 Å². The zero-order valence-electron chi connectivity index (χ0n) is 12.8. The van der Waals surface area contributed by atoms with Crippen molar-refractivity contribution in [1.82, 2.24) is 10.3 Å². The third-order valence-corrected chi connectivity index (χ3v) is 4.72. The highest BCUT2D eigenvalue weighted by Crippen LogP contribution is 2.31. The van der Waals surface area contributed by atoms with Crippen molar-refractivity contribution in [2.24, 2.45) is 5.92 Å². The van der Waals surface area contributed by atoms with Gasteiger partial charge in [0, 0.05) is 41.2 Å². The molecule has 1 saturated heterocycles. The highest BCUT2D eigenvalue weighted by molar-refractivity contribution is 9.10. The molecule has 1 aromatic carbocycles. The monoisotopic (exact) mass is 347 g/mol. The van der Waals surface area contributed by atoms with Gasteiger partial charge in [-0.15, -0.1) is 0 Å². The van der Waals surface area contributed by atoms with E-state index in [1.165, 1.54) is 11.1 Å². The Morgan fingerprint density at radius 3 is 2.95 bits per heavy atom. The number of aromatic nitrogens is 1. The Kier molecular flexibility index (Phi) is 4.18. The molecule has 1 aliphatic heterocycles. The molecule has 21 heavy (non-hydrogen) atoms. The number of nitrogens with zero attached hydrogens (tertiary/aromatic N) is 2. The van der Waals surface area contributed by atoms with Crippen molar-refractivity contribution in [1.29, 1.82) is 0 Å². The summed E-state index contributed by atoms with van der Waals surface area (Å²) >= 11 is 3.51. The SMILES string of the molecule is CC1CN(c2cccc3cc(Br)cnc23)C(C(C)C)CN1. The van der Waals surface area contributed by atoms with Crippen molar-refractivity contribution in [3.05, 3.63) is 34.9 Å². The fourth-order valence-electron chi connectivity index (χ4n) is 3.15. The molecule has 0 aliphatic carbocycles. The summed E-state index contributed by atoms with van der Waals surface area (Å²) in [7, 11) is 0. The third kappa shape index (κ3) is 2.92. The number of nitrogens with one attached hydrogen (secondary N) is 1. The number of anilines is 1. The van der Waals surface area contributed by atoms with Crippen LogP contribution in [0.4, 0.5) is 5.69 Å². The lowest BCUT2D eigenvalue weighted by molar-refractivity contribution is 0.349. The second-order valence-electron chi connectivity index (χ2n) is 6.28. The minimum Gasteiger partial charge on any atom is -0.364 e. The standard InChI is InChI=1S/C17H22BrN3/c1-11(2)16-9-19-12(3)10-21(16)15-6-4-5-13-7-14(18)8-20-17(13)15/h4-8,11-12,16,19H,9-10H2,1-3H3. The van der Waals surface area contributed by atoms with Crippen molar-refractivity contribution in [2.75, 3.05) is 18.0 Å². The molecule has 0 amide bonds. The molecule has 0 radical (unpaired) electrons. The number of piperazine rings is 1. The van der Waals surface area contributed by atoms with Gasteiger partial charge in [-0.05, 0) is 40.9 Å². The first-order valence-electron chi connectivity index (χ1n) is 7.60. The van der Waals surface area contributed by atoms with Gasteiger partial charge in [-0.25, -0.2) is 0 Å². The first kappa shape index (κ1) is 14.8. The van der Waals surface area contributed by atoms with Crippen LogP contribution in [0.15, 0.2) is 34.9 Å². The maximum atomic E-state index is 4.67. The van der Waals surface area contributed by atoms with Gasteiger partial charge in [0.2, 0.25) is 0 Å². The number of halogens is 1. The Labute approximate surface area is 134 Å². The van der Waals surface area contributed by atoms with Crippen LogP contribution in [0.5, 0.6) is 0 Å². The van der Waals surface area contributed by atoms with Crippen LogP contribution in [-0.2, 0) is 0 Å². The molecule has 0 saturated carbocycles. The highest BCUT2D eigenvalue weighted by atomic mass is 79.9. The summed E-state index contributed by atoms with van der Waals surface area (Å²) < 4.78 is 1.03. The van der Waals surface area contributed by atoms with E-state index in [0.717, 1.165) is 23.1 Å². The molecule has 2 heterocycles. The molecule has 1 aromatic heterocycles. The van der Waals surface area contributed by atoms with E-state index in [2.05, 4.69) is 76.2 Å². The van der Waals surface area contributed by atoms with Crippen LogP contribution in [0, 0.1) is 5.92 Å². The zero-order valence-corrected chi connectivity index (χ0v) is 14.4. The highest BCUT2D eigenvalue weighted by Gasteiger charge is 2.29. The van der Waals surface area contributed by atoms with Gasteiger partial charge in [0.1, 0.15) is 0 Å². The Hall–Kier alpha value is -1.13. The molecule has 3 rings (SSSR count). The summed E-state index contributed by atoms with van der Waals surface area (Å²) in [5.41, 5.74) is 2.35. The van der Waals surface area contributed by atoms with E-state index < -0.39 is 0 Å². The maximum Gasteiger partial charge on any atom is 0.0936 e. The number of hydrogen-bond donors (Lipinski definition) is 1. The van der Waals surface area contributed by atoms with Crippen LogP contribution in [0.25, 0.3) is 10.9 Å². The third-order valence-electron chi connectivity index (χ3n) is 4.28. The van der Waals surface area contributed by atoms with Crippen LogP contribution >= 0.6 is 15.9 Å². The van der Waals surface area contributed by atoms with Gasteiger partial charge >= 0.3 is 0 Å². The Bertz CT molecular complexity index is 641. The van der Waals surface area contributed by atoms with Crippen molar-refractivity contribution >= 4 is 32.5 Å². The molecule has 1 aliphatic rings. The average molecular weight is 348 g/mol. The van der Waals surface area contributed by atoms with Crippen molar-refractivity contribution < 1.29 is 0 Å². The van der Waals surface area contributed by atoms with E-state index in [4.69, 9.17) is 0 Å². The molecular formula is C17H22BrN3. The van der Waals surface area contributed by atoms with E-state index in [1.54, 1.807) is 0 Å². The lowest BCUT2D eigenvalue weighted by Gasteiger charge is -2.43. The topological polar surface area (TPSA) is 28.2 Å². The number of pyridine rings is 1. The summed E-state index contributed by atoms with van der Waals surface area (Å²) in [4.78, 5) is 7.20. The van der Waals surface area contributed by atoms with E-state index in [1.807, 2.05) is 6.20 Å². The predicted octanol–water partition coefficient (Wildman–Crippen LogP) is 3.82. The van der Waals surface area contributed by atoms with E-state index >= 15 is 0 Å². The van der Waals surface area contributed by atoms with Crippen molar-refractivity contribution in [3.8, 4) is 0 Å². The summed E-state index contributed by atoms with van der Waals surface area (Å²) in [6.45, 7) is 8.90. The predicted molar refractivity (Wildman–Crippen MR) is 92.9 cm³/mol. The van der Waals surface area contributed by atoms with Crippen LogP contribution < -0.4 is 10.2 Å². The molecular weight excluding hydrogens is 326 g/mol. The smallest absolute Gasteiger partial charge is 0.0936 e. The van der Waals surface area contributed by atoms with Gasteiger partial charge < -0.3 is 10.2 Å². The number of benzene rings is 1. The molecule has 2 aromatic rings. The van der Waals surface area contributed by atoms with Crippen LogP contribution in [-0.4, -0.2) is 30.2 Å². The van der Waals surface area contributed by atoms with Crippen molar-refractivity contribution in [3.63, 3.8) is 0 Å². The maximum absolute atomic E-state index is 4.67. The van der Waals surface area contributed by atoms with E-state index in [-0.39, 0.29) is 0 Å². The first-order chi connectivity index (χ1) is 10.1. The molecule has 2 atom stereocenters. The minimum atomic E-state index is 0.505. The first-order valence-corrected chi connectivity index (χ1v) is 8.40. The molecule has 0 spiro atoms. The summed E-state index contributed by atoms with van der Waals surface area (Å²) in [5, 5.41) is 4.79. The Morgan fingerprint density at radius 2 is 2.19 bits per heavy atom. The number of rotatable bonds is 2. The Balaban J connectivity index is 2.08. The lowest BCUT2D eigenvalue weighted by Crippen LogP contribution is -2.57. The fourth-order valence-corrected chi connectivity index (χ4v) is 3.50. The van der Waals surface area contributed by atoms with E-state index in [9.17, 15) is 0 Å². The molecule has 3 nitrogen and oxygen atoms in total. The fraction of sp³-hybridized carbons (Fsp3) is 0.471. The second-order valence-corrected chi connectivity index (χ2v) is 7.19. The summed E-state index contributed by atoms with van der Waals surface area (Å²) in [5.74, 6) is 0.607. The van der Waals surface area contributed by atoms with Gasteiger partial charge in [0.15, 0.2) is 0 Å². The zero-order chi connectivity index (χ0) is 15.0. The lowest BCUT2D eigenvalue weighted by atomic mass is 9.97. The van der Waals surface area contributed by atoms with Crippen LogP contribution in [0.3, 0.4) is 0 Å². The minimum absolute atomic E-state index is 0.505.